The molecule has 0 fully saturated rings. The van der Waals surface area contributed by atoms with Gasteiger partial charge in [0.05, 0.1) is 17.9 Å². The Labute approximate surface area is 186 Å². The zero-order valence-electron chi connectivity index (χ0n) is 20.1. The van der Waals surface area contributed by atoms with E-state index in [1.165, 1.54) is 5.56 Å². The number of carbonyl (C=O) groups excluding carboxylic acids is 2. The average Bonchev–Trinajstić information content (AvgIpc) is 3.11. The lowest BCUT2D eigenvalue weighted by molar-refractivity contribution is -0.127. The van der Waals surface area contributed by atoms with Gasteiger partial charge in [0.2, 0.25) is 11.8 Å². The van der Waals surface area contributed by atoms with Crippen LogP contribution in [0.5, 0.6) is 0 Å². The molecule has 0 bridgehead atoms. The number of benzene rings is 1. The molecule has 2 rings (SSSR count). The molecule has 0 aliphatic carbocycles. The smallest absolute Gasteiger partial charge is 0.244 e. The fourth-order valence-electron chi connectivity index (χ4n) is 3.53. The highest BCUT2D eigenvalue weighted by Crippen LogP contribution is 2.27. The lowest BCUT2D eigenvalue weighted by Crippen LogP contribution is -2.37. The molecule has 31 heavy (non-hydrogen) atoms. The molecule has 2 N–H and O–H groups in total. The van der Waals surface area contributed by atoms with Gasteiger partial charge in [0.25, 0.3) is 0 Å². The van der Waals surface area contributed by atoms with Crippen molar-refractivity contribution in [2.75, 3.05) is 11.9 Å². The van der Waals surface area contributed by atoms with E-state index in [0.717, 1.165) is 42.6 Å². The number of aryl methyl sites for hydroxylation is 2. The minimum absolute atomic E-state index is 0.0408. The molecule has 6 nitrogen and oxygen atoms in total. The van der Waals surface area contributed by atoms with Crippen molar-refractivity contribution in [3.8, 4) is 5.69 Å². The number of amides is 2. The van der Waals surface area contributed by atoms with Crippen LogP contribution >= 0.6 is 0 Å². The highest BCUT2D eigenvalue weighted by Gasteiger charge is 2.22. The third-order valence-corrected chi connectivity index (χ3v) is 5.52. The summed E-state index contributed by atoms with van der Waals surface area (Å²) in [6.45, 7) is 14.4. The molecule has 0 aliphatic rings. The van der Waals surface area contributed by atoms with Gasteiger partial charge in [-0.15, -0.1) is 0 Å². The van der Waals surface area contributed by atoms with E-state index in [1.807, 2.05) is 32.0 Å². The lowest BCUT2D eigenvalue weighted by Gasteiger charge is -2.15. The van der Waals surface area contributed by atoms with Crippen LogP contribution in [-0.4, -0.2) is 28.1 Å². The minimum Gasteiger partial charge on any atom is -0.347 e. The molecule has 0 aliphatic heterocycles. The van der Waals surface area contributed by atoms with Gasteiger partial charge >= 0.3 is 0 Å². The van der Waals surface area contributed by atoms with Crippen molar-refractivity contribution in [1.82, 2.24) is 15.1 Å². The van der Waals surface area contributed by atoms with Crippen LogP contribution in [0.15, 0.2) is 24.3 Å². The highest BCUT2D eigenvalue weighted by atomic mass is 16.2. The van der Waals surface area contributed by atoms with Crippen molar-refractivity contribution in [1.29, 1.82) is 0 Å². The zero-order chi connectivity index (χ0) is 23.2. The summed E-state index contributed by atoms with van der Waals surface area (Å²) in [7, 11) is 0. The Kier molecular flexibility index (Phi) is 8.43. The van der Waals surface area contributed by atoms with E-state index in [-0.39, 0.29) is 29.7 Å². The van der Waals surface area contributed by atoms with Crippen LogP contribution in [0.1, 0.15) is 77.1 Å². The van der Waals surface area contributed by atoms with Crippen LogP contribution in [0.3, 0.4) is 0 Å². The van der Waals surface area contributed by atoms with E-state index in [9.17, 15) is 9.59 Å². The monoisotopic (exact) mass is 426 g/mol. The molecule has 2 amide bonds. The average molecular weight is 427 g/mol. The van der Waals surface area contributed by atoms with Crippen LogP contribution in [0.25, 0.3) is 5.69 Å². The van der Waals surface area contributed by atoms with Crippen molar-refractivity contribution in [2.45, 2.75) is 79.6 Å². The van der Waals surface area contributed by atoms with Gasteiger partial charge in [-0.05, 0) is 38.3 Å². The second-order valence-electron chi connectivity index (χ2n) is 9.38. The molecular weight excluding hydrogens is 388 g/mol. The van der Waals surface area contributed by atoms with Crippen molar-refractivity contribution in [2.24, 2.45) is 5.92 Å². The Bertz CT molecular complexity index is 909. The van der Waals surface area contributed by atoms with Crippen LogP contribution < -0.4 is 10.6 Å². The zero-order valence-corrected chi connectivity index (χ0v) is 20.1. The fraction of sp³-hybridized carbons (Fsp3) is 0.560. The molecule has 6 heteroatoms. The molecule has 0 radical (unpaired) electrons. The van der Waals surface area contributed by atoms with E-state index >= 15 is 0 Å². The maximum atomic E-state index is 12.7. The summed E-state index contributed by atoms with van der Waals surface area (Å²) < 4.78 is 1.78. The first-order valence-electron chi connectivity index (χ1n) is 11.3. The number of nitrogens with zero attached hydrogens (tertiary/aromatic N) is 2. The van der Waals surface area contributed by atoms with Crippen LogP contribution in [0.4, 0.5) is 5.82 Å². The summed E-state index contributed by atoms with van der Waals surface area (Å²) >= 11 is 0. The normalized spacial score (nSPS) is 12.5. The van der Waals surface area contributed by atoms with E-state index < -0.39 is 0 Å². The Morgan fingerprint density at radius 2 is 1.84 bits per heavy atom. The van der Waals surface area contributed by atoms with Crippen molar-refractivity contribution < 1.29 is 9.59 Å². The molecule has 1 heterocycles. The second kappa shape index (κ2) is 10.6. The number of nitrogens with one attached hydrogen (secondary N) is 2. The maximum absolute atomic E-state index is 12.7. The van der Waals surface area contributed by atoms with E-state index in [0.29, 0.717) is 5.82 Å². The lowest BCUT2D eigenvalue weighted by atomic mass is 9.92. The molecule has 1 aromatic carbocycles. The van der Waals surface area contributed by atoms with Crippen molar-refractivity contribution in [3.05, 3.63) is 41.1 Å². The molecule has 1 atom stereocenters. The van der Waals surface area contributed by atoms with Crippen molar-refractivity contribution in [3.63, 3.8) is 0 Å². The minimum atomic E-state index is -0.259. The summed E-state index contributed by atoms with van der Waals surface area (Å²) in [4.78, 5) is 25.1. The van der Waals surface area contributed by atoms with E-state index in [2.05, 4.69) is 51.3 Å². The third kappa shape index (κ3) is 6.68. The number of aromatic nitrogens is 2. The second-order valence-corrected chi connectivity index (χ2v) is 9.38. The summed E-state index contributed by atoms with van der Waals surface area (Å²) in [5, 5.41) is 10.5. The molecular formula is C25H38N4O2. The SMILES string of the molecule is CCCC[C@H](CC)C(=O)NCC(=O)Nc1cc(C(C)(C)C)nn1-c1ccc(C)cc1C. The van der Waals surface area contributed by atoms with Crippen LogP contribution in [0, 0.1) is 19.8 Å². The van der Waals surface area contributed by atoms with Gasteiger partial charge in [-0.2, -0.15) is 5.10 Å². The van der Waals surface area contributed by atoms with Gasteiger partial charge in [-0.1, -0.05) is 65.2 Å². The quantitative estimate of drug-likeness (QED) is 0.588. The topological polar surface area (TPSA) is 76.0 Å². The predicted octanol–water partition coefficient (Wildman–Crippen LogP) is 5.06. The highest BCUT2D eigenvalue weighted by molar-refractivity contribution is 5.94. The summed E-state index contributed by atoms with van der Waals surface area (Å²) in [6.07, 6.45) is 3.71. The van der Waals surface area contributed by atoms with Gasteiger partial charge in [-0.3, -0.25) is 9.59 Å². The molecule has 1 aromatic heterocycles. The standard InChI is InChI=1S/C25H38N4O2/c1-8-10-11-19(9-2)24(31)26-16-23(30)27-22-15-21(25(5,6)7)28-29(22)20-13-12-17(3)14-18(20)4/h12-15,19H,8-11,16H2,1-7H3,(H,26,31)(H,27,30)/t19-/m0/s1. The molecule has 0 spiro atoms. The first kappa shape index (κ1) is 24.6. The number of carbonyl (C=O) groups is 2. The Morgan fingerprint density at radius 1 is 1.13 bits per heavy atom. The summed E-state index contributed by atoms with van der Waals surface area (Å²) in [5.74, 6) is 0.254. The Morgan fingerprint density at radius 3 is 2.42 bits per heavy atom. The van der Waals surface area contributed by atoms with Crippen LogP contribution in [0.2, 0.25) is 0 Å². The number of rotatable bonds is 9. The number of unbranched alkanes of at least 4 members (excludes halogenated alkanes) is 1. The fourth-order valence-corrected chi connectivity index (χ4v) is 3.53. The van der Waals surface area contributed by atoms with Gasteiger partial charge in [0.1, 0.15) is 5.82 Å². The Hall–Kier alpha value is -2.63. The van der Waals surface area contributed by atoms with Crippen LogP contribution in [-0.2, 0) is 15.0 Å². The largest absolute Gasteiger partial charge is 0.347 e. The summed E-state index contributed by atoms with van der Waals surface area (Å²) in [6, 6.07) is 8.06. The van der Waals surface area contributed by atoms with Crippen molar-refractivity contribution >= 4 is 17.6 Å². The number of anilines is 1. The Balaban J connectivity index is 2.19. The molecule has 0 saturated heterocycles. The van der Waals surface area contributed by atoms with E-state index in [1.54, 1.807) is 4.68 Å². The van der Waals surface area contributed by atoms with E-state index in [4.69, 9.17) is 5.10 Å². The van der Waals surface area contributed by atoms with Gasteiger partial charge < -0.3 is 10.6 Å². The number of hydrogen-bond donors (Lipinski definition) is 2. The molecule has 0 saturated carbocycles. The first-order valence-corrected chi connectivity index (χ1v) is 11.3. The third-order valence-electron chi connectivity index (χ3n) is 5.52. The number of hydrogen-bond acceptors (Lipinski definition) is 3. The predicted molar refractivity (Wildman–Crippen MR) is 127 cm³/mol. The molecule has 2 aromatic rings. The maximum Gasteiger partial charge on any atom is 0.244 e. The summed E-state index contributed by atoms with van der Waals surface area (Å²) in [5.41, 5.74) is 3.90. The molecule has 170 valence electrons. The van der Waals surface area contributed by atoms with Gasteiger partial charge in [0, 0.05) is 17.4 Å². The first-order chi connectivity index (χ1) is 14.6. The van der Waals surface area contributed by atoms with Gasteiger partial charge in [0.15, 0.2) is 0 Å². The molecule has 0 unspecified atom stereocenters. The van der Waals surface area contributed by atoms with Gasteiger partial charge in [-0.25, -0.2) is 4.68 Å².